The van der Waals surface area contributed by atoms with E-state index in [9.17, 15) is 23.1 Å². The number of rotatable bonds is 4. The number of alkyl halides is 3. The fourth-order valence-electron chi connectivity index (χ4n) is 2.70. The van der Waals surface area contributed by atoms with E-state index in [0.29, 0.717) is 22.4 Å². The Morgan fingerprint density at radius 3 is 2.58 bits per heavy atom. The van der Waals surface area contributed by atoms with E-state index in [1.165, 1.54) is 26.0 Å². The summed E-state index contributed by atoms with van der Waals surface area (Å²) >= 11 is 0. The van der Waals surface area contributed by atoms with Crippen LogP contribution in [-0.4, -0.2) is 28.8 Å². The van der Waals surface area contributed by atoms with Gasteiger partial charge in [-0.2, -0.15) is 13.2 Å². The third-order valence-electron chi connectivity index (χ3n) is 3.95. The van der Waals surface area contributed by atoms with E-state index in [2.05, 4.69) is 10.3 Å². The summed E-state index contributed by atoms with van der Waals surface area (Å²) in [5.74, 6) is -0.311. The number of pyridine rings is 1. The SMILES string of the molecule is CC(C)(O)c1cc2c(c(-c3ccccc3OCC(F)(F)F)n1)CNC2=O. The van der Waals surface area contributed by atoms with Gasteiger partial charge in [-0.25, -0.2) is 4.98 Å². The molecule has 1 aliphatic heterocycles. The first-order valence-corrected chi connectivity index (χ1v) is 7.90. The summed E-state index contributed by atoms with van der Waals surface area (Å²) in [5.41, 5.74) is 0.470. The Balaban J connectivity index is 2.14. The van der Waals surface area contributed by atoms with Crippen LogP contribution in [0.2, 0.25) is 0 Å². The van der Waals surface area contributed by atoms with Crippen LogP contribution >= 0.6 is 0 Å². The molecule has 1 aliphatic rings. The monoisotopic (exact) mass is 366 g/mol. The number of halogens is 3. The number of para-hydroxylation sites is 1. The molecule has 1 aromatic heterocycles. The fourth-order valence-corrected chi connectivity index (χ4v) is 2.70. The lowest BCUT2D eigenvalue weighted by Gasteiger charge is -2.20. The molecule has 5 nitrogen and oxygen atoms in total. The molecule has 2 N–H and O–H groups in total. The second-order valence-corrected chi connectivity index (χ2v) is 6.52. The zero-order valence-electron chi connectivity index (χ0n) is 14.1. The smallest absolute Gasteiger partial charge is 0.422 e. The molecule has 0 spiro atoms. The third-order valence-corrected chi connectivity index (χ3v) is 3.95. The molecule has 0 radical (unpaired) electrons. The maximum absolute atomic E-state index is 12.5. The first-order chi connectivity index (χ1) is 12.1. The third kappa shape index (κ3) is 3.65. The van der Waals surface area contributed by atoms with Crippen LogP contribution in [0.15, 0.2) is 30.3 Å². The van der Waals surface area contributed by atoms with E-state index in [-0.39, 0.29) is 23.9 Å². The molecule has 26 heavy (non-hydrogen) atoms. The van der Waals surface area contributed by atoms with Crippen molar-refractivity contribution in [3.8, 4) is 17.0 Å². The second-order valence-electron chi connectivity index (χ2n) is 6.52. The molecular formula is C18H17F3N2O3. The molecule has 8 heteroatoms. The predicted octanol–water partition coefficient (Wildman–Crippen LogP) is 3.16. The van der Waals surface area contributed by atoms with E-state index in [1.807, 2.05) is 0 Å². The number of amides is 1. The van der Waals surface area contributed by atoms with E-state index in [4.69, 9.17) is 4.74 Å². The zero-order valence-corrected chi connectivity index (χ0v) is 14.1. The van der Waals surface area contributed by atoms with Crippen LogP contribution in [0.25, 0.3) is 11.3 Å². The van der Waals surface area contributed by atoms with Gasteiger partial charge in [0.25, 0.3) is 5.91 Å². The number of hydrogen-bond acceptors (Lipinski definition) is 4. The molecule has 2 aromatic rings. The van der Waals surface area contributed by atoms with Gasteiger partial charge >= 0.3 is 6.18 Å². The van der Waals surface area contributed by atoms with Gasteiger partial charge in [-0.3, -0.25) is 4.79 Å². The van der Waals surface area contributed by atoms with E-state index in [1.54, 1.807) is 18.2 Å². The molecule has 3 rings (SSSR count). The van der Waals surface area contributed by atoms with Gasteiger partial charge in [-0.1, -0.05) is 12.1 Å². The first-order valence-electron chi connectivity index (χ1n) is 7.90. The van der Waals surface area contributed by atoms with Gasteiger partial charge in [0.2, 0.25) is 0 Å². The van der Waals surface area contributed by atoms with Crippen LogP contribution in [0, 0.1) is 0 Å². The van der Waals surface area contributed by atoms with Crippen LogP contribution in [0.5, 0.6) is 5.75 Å². The van der Waals surface area contributed by atoms with Crippen LogP contribution in [-0.2, 0) is 12.1 Å². The standard InChI is InChI=1S/C18H17F3N2O3/c1-17(2,25)14-7-11-12(8-22-16(11)24)15(23-14)10-5-3-4-6-13(10)26-9-18(19,20)21/h3-7,25H,8-9H2,1-2H3,(H,22,24). The average Bonchev–Trinajstić information content (AvgIpc) is 2.92. The molecule has 0 aliphatic carbocycles. The van der Waals surface area contributed by atoms with Crippen LogP contribution in [0.3, 0.4) is 0 Å². The van der Waals surface area contributed by atoms with Crippen molar-refractivity contribution in [1.82, 2.24) is 10.3 Å². The summed E-state index contributed by atoms with van der Waals surface area (Å²) in [6.45, 7) is 1.81. The Bertz CT molecular complexity index is 858. The number of ether oxygens (including phenoxy) is 1. The molecule has 138 valence electrons. The van der Waals surface area contributed by atoms with E-state index in [0.717, 1.165) is 0 Å². The maximum Gasteiger partial charge on any atom is 0.422 e. The van der Waals surface area contributed by atoms with Crippen molar-refractivity contribution < 1.29 is 27.8 Å². The van der Waals surface area contributed by atoms with Gasteiger partial charge in [0.1, 0.15) is 11.4 Å². The number of fused-ring (bicyclic) bond motifs is 1. The summed E-state index contributed by atoms with van der Waals surface area (Å²) in [7, 11) is 0. The number of nitrogens with one attached hydrogen (secondary N) is 1. The topological polar surface area (TPSA) is 71.5 Å². The van der Waals surface area contributed by atoms with E-state index < -0.39 is 18.4 Å². The molecule has 2 heterocycles. The van der Waals surface area contributed by atoms with Crippen molar-refractivity contribution in [1.29, 1.82) is 0 Å². The minimum atomic E-state index is -4.48. The van der Waals surface area contributed by atoms with Crippen molar-refractivity contribution in [3.63, 3.8) is 0 Å². The van der Waals surface area contributed by atoms with E-state index >= 15 is 0 Å². The number of carbonyl (C=O) groups excluding carboxylic acids is 1. The summed E-state index contributed by atoms with van der Waals surface area (Å²) in [5, 5.41) is 13.0. The molecular weight excluding hydrogens is 349 g/mol. The lowest BCUT2D eigenvalue weighted by Crippen LogP contribution is -2.20. The highest BCUT2D eigenvalue weighted by molar-refractivity contribution is 6.00. The lowest BCUT2D eigenvalue weighted by molar-refractivity contribution is -0.153. The fraction of sp³-hybridized carbons (Fsp3) is 0.333. The van der Waals surface area contributed by atoms with Crippen molar-refractivity contribution in [2.75, 3.05) is 6.61 Å². The minimum absolute atomic E-state index is 0.00627. The van der Waals surface area contributed by atoms with Crippen molar-refractivity contribution in [3.05, 3.63) is 47.2 Å². The average molecular weight is 366 g/mol. The second kappa shape index (κ2) is 6.28. The Morgan fingerprint density at radius 2 is 1.92 bits per heavy atom. The largest absolute Gasteiger partial charge is 0.483 e. The molecule has 0 bridgehead atoms. The number of aliphatic hydroxyl groups is 1. The number of aromatic nitrogens is 1. The van der Waals surface area contributed by atoms with Gasteiger partial charge in [0.05, 0.1) is 11.4 Å². The molecule has 1 amide bonds. The molecule has 0 unspecified atom stereocenters. The zero-order chi connectivity index (χ0) is 19.1. The van der Waals surface area contributed by atoms with Crippen LogP contribution in [0.1, 0.15) is 35.5 Å². The van der Waals surface area contributed by atoms with Crippen LogP contribution < -0.4 is 10.1 Å². The molecule has 0 saturated heterocycles. The highest BCUT2D eigenvalue weighted by Gasteiger charge is 2.31. The normalized spacial score (nSPS) is 14.2. The number of benzene rings is 1. The Hall–Kier alpha value is -2.61. The number of carbonyl (C=O) groups is 1. The summed E-state index contributed by atoms with van der Waals surface area (Å²) < 4.78 is 42.6. The van der Waals surface area contributed by atoms with Gasteiger partial charge in [-0.15, -0.1) is 0 Å². The lowest BCUT2D eigenvalue weighted by atomic mass is 9.96. The quantitative estimate of drug-likeness (QED) is 0.872. The molecule has 1 aromatic carbocycles. The van der Waals surface area contributed by atoms with Gasteiger partial charge in [-0.05, 0) is 32.0 Å². The maximum atomic E-state index is 12.5. The molecule has 0 saturated carbocycles. The Kier molecular flexibility index (Phi) is 4.39. The highest BCUT2D eigenvalue weighted by atomic mass is 19.4. The Labute approximate surface area is 147 Å². The van der Waals surface area contributed by atoms with Crippen LogP contribution in [0.4, 0.5) is 13.2 Å². The van der Waals surface area contributed by atoms with Gasteiger partial charge in [0.15, 0.2) is 6.61 Å². The Morgan fingerprint density at radius 1 is 1.23 bits per heavy atom. The number of hydrogen-bond donors (Lipinski definition) is 2. The number of nitrogens with zero attached hydrogens (tertiary/aromatic N) is 1. The van der Waals surface area contributed by atoms with Gasteiger partial charge < -0.3 is 15.2 Å². The van der Waals surface area contributed by atoms with Crippen molar-refractivity contribution in [2.45, 2.75) is 32.2 Å². The highest BCUT2D eigenvalue weighted by Crippen LogP contribution is 2.36. The van der Waals surface area contributed by atoms with Gasteiger partial charge in [0, 0.05) is 23.2 Å². The minimum Gasteiger partial charge on any atom is -0.483 e. The van der Waals surface area contributed by atoms with Crippen molar-refractivity contribution >= 4 is 5.91 Å². The van der Waals surface area contributed by atoms with Crippen molar-refractivity contribution in [2.24, 2.45) is 0 Å². The summed E-state index contributed by atoms with van der Waals surface area (Å²) in [4.78, 5) is 16.5. The molecule has 0 fully saturated rings. The summed E-state index contributed by atoms with van der Waals surface area (Å²) in [6.07, 6.45) is -4.48. The predicted molar refractivity (Wildman–Crippen MR) is 87.6 cm³/mol. The molecule has 0 atom stereocenters. The summed E-state index contributed by atoms with van der Waals surface area (Å²) in [6, 6.07) is 7.69. The first kappa shape index (κ1) is 18.2.